The number of hydrogen-bond acceptors (Lipinski definition) is 6. The molecule has 0 aromatic carbocycles. The Bertz CT molecular complexity index is 866. The van der Waals surface area contributed by atoms with Crippen molar-refractivity contribution < 1.29 is 27.0 Å². The molecule has 0 amide bonds. The fourth-order valence-electron chi connectivity index (χ4n) is 2.16. The standard InChI is InChI=1S/C11H15F2NO.C8H10F2N4O/c1-4-9(11(3,12)13)15-10-6-5-8(2)7-14-10;1-2-15-8(9,10)7(12)14-4-3-13-5-6(14)11/h5-7,9H,4H2,1-3H3;3-5,11-12H,2H2,1H3. The molecule has 0 fully saturated rings. The van der Waals surface area contributed by atoms with Gasteiger partial charge >= 0.3 is 6.11 Å². The van der Waals surface area contributed by atoms with Gasteiger partial charge in [0.2, 0.25) is 11.7 Å². The van der Waals surface area contributed by atoms with E-state index in [0.717, 1.165) is 24.9 Å². The summed E-state index contributed by atoms with van der Waals surface area (Å²) in [7, 11) is 0. The third-order valence-corrected chi connectivity index (χ3v) is 3.68. The van der Waals surface area contributed by atoms with E-state index in [1.165, 1.54) is 13.1 Å². The van der Waals surface area contributed by atoms with Gasteiger partial charge in [-0.2, -0.15) is 8.78 Å². The second kappa shape index (κ2) is 10.8. The summed E-state index contributed by atoms with van der Waals surface area (Å²) in [5.74, 6) is -3.70. The minimum atomic E-state index is -3.70. The zero-order chi connectivity index (χ0) is 22.9. The summed E-state index contributed by atoms with van der Waals surface area (Å²) < 4.78 is 62.2. The van der Waals surface area contributed by atoms with Crippen molar-refractivity contribution in [3.05, 3.63) is 48.0 Å². The highest BCUT2D eigenvalue weighted by molar-refractivity contribution is 5.86. The predicted molar refractivity (Wildman–Crippen MR) is 102 cm³/mol. The Morgan fingerprint density at radius 3 is 2.33 bits per heavy atom. The van der Waals surface area contributed by atoms with Gasteiger partial charge in [-0.3, -0.25) is 20.4 Å². The zero-order valence-electron chi connectivity index (χ0n) is 17.1. The van der Waals surface area contributed by atoms with Crippen molar-refractivity contribution in [1.29, 1.82) is 10.8 Å². The van der Waals surface area contributed by atoms with Gasteiger partial charge in [0.25, 0.3) is 5.92 Å². The molecule has 30 heavy (non-hydrogen) atoms. The summed E-state index contributed by atoms with van der Waals surface area (Å²) in [6.45, 7) is 5.59. The number of alkyl halides is 4. The topological polar surface area (TPSA) is 96.9 Å². The van der Waals surface area contributed by atoms with E-state index in [1.807, 2.05) is 6.92 Å². The zero-order valence-corrected chi connectivity index (χ0v) is 17.1. The van der Waals surface area contributed by atoms with Crippen molar-refractivity contribution in [2.75, 3.05) is 6.61 Å². The fraction of sp³-hybridized carbons (Fsp3) is 0.474. The lowest BCUT2D eigenvalue weighted by atomic mass is 10.1. The normalized spacial score (nSPS) is 12.5. The van der Waals surface area contributed by atoms with Crippen molar-refractivity contribution >= 4 is 5.84 Å². The van der Waals surface area contributed by atoms with Crippen LogP contribution in [0.4, 0.5) is 17.6 Å². The van der Waals surface area contributed by atoms with E-state index in [2.05, 4.69) is 14.7 Å². The second-order valence-electron chi connectivity index (χ2n) is 6.27. The quantitative estimate of drug-likeness (QED) is 0.393. The summed E-state index contributed by atoms with van der Waals surface area (Å²) in [4.78, 5) is 7.49. The molecule has 2 aromatic heterocycles. The molecular weight excluding hydrogens is 406 g/mol. The Morgan fingerprint density at radius 1 is 1.20 bits per heavy atom. The third kappa shape index (κ3) is 7.54. The van der Waals surface area contributed by atoms with Crippen LogP contribution in [-0.4, -0.2) is 45.1 Å². The van der Waals surface area contributed by atoms with Gasteiger partial charge < -0.3 is 9.47 Å². The lowest BCUT2D eigenvalue weighted by molar-refractivity contribution is -0.182. The van der Waals surface area contributed by atoms with Crippen LogP contribution < -0.4 is 10.2 Å². The van der Waals surface area contributed by atoms with Gasteiger partial charge in [-0.15, -0.1) is 0 Å². The Balaban J connectivity index is 0.000000300. The molecule has 0 saturated carbocycles. The molecule has 0 aliphatic rings. The predicted octanol–water partition coefficient (Wildman–Crippen LogP) is 4.02. The summed E-state index contributed by atoms with van der Waals surface area (Å²) in [5, 5.41) is 14.5. The first kappa shape index (κ1) is 25.2. The number of aromatic nitrogens is 3. The van der Waals surface area contributed by atoms with E-state index in [1.54, 1.807) is 25.3 Å². The van der Waals surface area contributed by atoms with Gasteiger partial charge in [0.1, 0.15) is 5.49 Å². The highest BCUT2D eigenvalue weighted by Crippen LogP contribution is 2.24. The summed E-state index contributed by atoms with van der Waals surface area (Å²) in [5.41, 5.74) is 0.667. The second-order valence-corrected chi connectivity index (χ2v) is 6.27. The van der Waals surface area contributed by atoms with E-state index in [0.29, 0.717) is 4.57 Å². The summed E-state index contributed by atoms with van der Waals surface area (Å²) in [6, 6.07) is 3.38. The van der Waals surface area contributed by atoms with Gasteiger partial charge in [0.05, 0.1) is 12.8 Å². The number of pyridine rings is 1. The van der Waals surface area contributed by atoms with Gasteiger partial charge in [-0.1, -0.05) is 13.0 Å². The first-order chi connectivity index (χ1) is 13.9. The molecule has 1 atom stereocenters. The van der Waals surface area contributed by atoms with Crippen LogP contribution in [0.5, 0.6) is 5.88 Å². The van der Waals surface area contributed by atoms with Gasteiger partial charge in [-0.05, 0) is 25.8 Å². The van der Waals surface area contributed by atoms with Gasteiger partial charge in [0, 0.05) is 31.6 Å². The average molecular weight is 431 g/mol. The van der Waals surface area contributed by atoms with Crippen LogP contribution in [0.2, 0.25) is 0 Å². The molecule has 0 radical (unpaired) electrons. The lowest BCUT2D eigenvalue weighted by Crippen LogP contribution is -2.41. The molecule has 2 rings (SSSR count). The molecule has 0 aliphatic heterocycles. The van der Waals surface area contributed by atoms with Crippen LogP contribution in [0.3, 0.4) is 0 Å². The van der Waals surface area contributed by atoms with Crippen molar-refractivity contribution in [2.45, 2.75) is 52.3 Å². The van der Waals surface area contributed by atoms with E-state index >= 15 is 0 Å². The Labute approximate surface area is 171 Å². The van der Waals surface area contributed by atoms with Crippen molar-refractivity contribution in [2.24, 2.45) is 0 Å². The molecule has 2 N–H and O–H groups in total. The smallest absolute Gasteiger partial charge is 0.415 e. The molecule has 2 aromatic rings. The number of aryl methyl sites for hydroxylation is 1. The minimum Gasteiger partial charge on any atom is -0.468 e. The molecule has 166 valence electrons. The number of nitrogens with one attached hydrogen (secondary N) is 2. The molecule has 1 unspecified atom stereocenters. The Hall–Kier alpha value is -2.82. The van der Waals surface area contributed by atoms with Crippen LogP contribution >= 0.6 is 0 Å². The first-order valence-electron chi connectivity index (χ1n) is 9.07. The molecule has 11 heteroatoms. The number of ether oxygens (including phenoxy) is 2. The van der Waals surface area contributed by atoms with E-state index in [9.17, 15) is 17.6 Å². The third-order valence-electron chi connectivity index (χ3n) is 3.68. The molecule has 0 saturated heterocycles. The molecule has 0 bridgehead atoms. The maximum Gasteiger partial charge on any atom is 0.415 e. The molecule has 0 aliphatic carbocycles. The monoisotopic (exact) mass is 431 g/mol. The molecule has 7 nitrogen and oxygen atoms in total. The lowest BCUT2D eigenvalue weighted by Gasteiger charge is -2.22. The molecule has 0 spiro atoms. The van der Waals surface area contributed by atoms with Crippen molar-refractivity contribution in [1.82, 2.24) is 14.5 Å². The van der Waals surface area contributed by atoms with Crippen molar-refractivity contribution in [3.8, 4) is 5.88 Å². The van der Waals surface area contributed by atoms with Crippen LogP contribution in [-0.2, 0) is 4.74 Å². The van der Waals surface area contributed by atoms with E-state index < -0.39 is 24.0 Å². The van der Waals surface area contributed by atoms with Crippen LogP contribution in [0.15, 0.2) is 36.9 Å². The summed E-state index contributed by atoms with van der Waals surface area (Å²) in [6.07, 6.45) is 0.418. The molecule has 2 heterocycles. The minimum absolute atomic E-state index is 0.214. The maximum absolute atomic E-state index is 13.1. The van der Waals surface area contributed by atoms with Crippen LogP contribution in [0.1, 0.15) is 32.8 Å². The molecular formula is C19H25F4N5O2. The van der Waals surface area contributed by atoms with Gasteiger partial charge in [-0.25, -0.2) is 13.8 Å². The number of nitrogens with zero attached hydrogens (tertiary/aromatic N) is 3. The van der Waals surface area contributed by atoms with Gasteiger partial charge in [0.15, 0.2) is 6.10 Å². The summed E-state index contributed by atoms with van der Waals surface area (Å²) >= 11 is 0. The average Bonchev–Trinajstić information content (AvgIpc) is 2.67. The highest BCUT2D eigenvalue weighted by Gasteiger charge is 2.37. The number of rotatable bonds is 7. The Morgan fingerprint density at radius 2 is 1.87 bits per heavy atom. The number of hydrogen-bond donors (Lipinski definition) is 2. The fourth-order valence-corrected chi connectivity index (χ4v) is 2.16. The van der Waals surface area contributed by atoms with E-state index in [4.69, 9.17) is 15.6 Å². The number of halogens is 4. The Kier molecular flexibility index (Phi) is 9.09. The largest absolute Gasteiger partial charge is 0.468 e. The van der Waals surface area contributed by atoms with E-state index in [-0.39, 0.29) is 24.4 Å². The van der Waals surface area contributed by atoms with Crippen molar-refractivity contribution in [3.63, 3.8) is 0 Å². The highest BCUT2D eigenvalue weighted by atomic mass is 19.3. The van der Waals surface area contributed by atoms with Crippen LogP contribution in [0.25, 0.3) is 0 Å². The maximum atomic E-state index is 13.1. The van der Waals surface area contributed by atoms with Crippen LogP contribution in [0, 0.1) is 17.7 Å². The first-order valence-corrected chi connectivity index (χ1v) is 9.07. The SMILES string of the molecule is CCC(Oc1ccc(C)cn1)C(C)(F)F.CCOC(F)(F)C(=N)n1ccncc1=N.